The molecule has 0 spiro atoms. The van der Waals surface area contributed by atoms with E-state index < -0.39 is 42.3 Å². The Morgan fingerprint density at radius 2 is 1.96 bits per heavy atom. The summed E-state index contributed by atoms with van der Waals surface area (Å²) in [6.07, 6.45) is -3.20. The zero-order valence-electron chi connectivity index (χ0n) is 14.4. The summed E-state index contributed by atoms with van der Waals surface area (Å²) >= 11 is 0. The summed E-state index contributed by atoms with van der Waals surface area (Å²) in [5.41, 5.74) is 1.19. The zero-order valence-corrected chi connectivity index (χ0v) is 14.4. The lowest BCUT2D eigenvalue weighted by molar-refractivity contribution is -0.0865. The summed E-state index contributed by atoms with van der Waals surface area (Å²) in [6, 6.07) is 4.48. The standard InChI is InChI=1S/C18H17F2N3O5/c19-10-2-1-8(7-11(10)20)13(24)16-14(25)15(26)18(28-16)23-6-4-9-12(23)3-5-21-17(9)22-27/h1-2,4-7,13-16,18,24-27H,3H2/b22-17-/t13-,14+,15-,16-,18-/m1/s1. The summed E-state index contributed by atoms with van der Waals surface area (Å²) in [5, 5.41) is 43.5. The second-order valence-electron chi connectivity index (χ2n) is 6.61. The molecule has 148 valence electrons. The van der Waals surface area contributed by atoms with Gasteiger partial charge in [0.1, 0.15) is 24.4 Å². The molecule has 1 aromatic carbocycles. The lowest BCUT2D eigenvalue weighted by Gasteiger charge is -2.22. The number of hydrogen-bond acceptors (Lipinski definition) is 6. The van der Waals surface area contributed by atoms with E-state index in [0.717, 1.165) is 12.1 Å². The molecule has 0 amide bonds. The van der Waals surface area contributed by atoms with E-state index in [4.69, 9.17) is 9.94 Å². The first-order valence-corrected chi connectivity index (χ1v) is 8.51. The Balaban J connectivity index is 1.62. The van der Waals surface area contributed by atoms with Crippen molar-refractivity contribution < 1.29 is 34.0 Å². The van der Waals surface area contributed by atoms with Crippen molar-refractivity contribution in [1.29, 1.82) is 0 Å². The number of ether oxygens (including phenoxy) is 1. The Morgan fingerprint density at radius 3 is 2.68 bits per heavy atom. The lowest BCUT2D eigenvalue weighted by Crippen LogP contribution is -2.35. The minimum atomic E-state index is -1.49. The molecular formula is C18H17F2N3O5. The summed E-state index contributed by atoms with van der Waals surface area (Å²) in [6.45, 7) is 0. The van der Waals surface area contributed by atoms with Crippen LogP contribution in [0.4, 0.5) is 8.78 Å². The molecule has 0 radical (unpaired) electrons. The highest BCUT2D eigenvalue weighted by Crippen LogP contribution is 2.37. The topological polar surface area (TPSA) is 120 Å². The Kier molecular flexibility index (Phi) is 4.71. The van der Waals surface area contributed by atoms with Crippen molar-refractivity contribution in [3.63, 3.8) is 0 Å². The predicted molar refractivity (Wildman–Crippen MR) is 92.2 cm³/mol. The van der Waals surface area contributed by atoms with Crippen LogP contribution in [-0.2, 0) is 11.2 Å². The molecule has 2 aliphatic heterocycles. The highest BCUT2D eigenvalue weighted by atomic mass is 19.2. The SMILES string of the molecule is O/N=C1\N=CCc2c1ccn2[C@@H]1O[C@H]([C@H](O)c2ccc(F)c(F)c2)[C@@H](O)[C@H]1O. The number of aliphatic hydroxyl groups is 3. The van der Waals surface area contributed by atoms with Crippen LogP contribution in [0.5, 0.6) is 0 Å². The molecule has 8 nitrogen and oxygen atoms in total. The van der Waals surface area contributed by atoms with Gasteiger partial charge in [-0.05, 0) is 23.8 Å². The molecule has 3 heterocycles. The fourth-order valence-corrected chi connectivity index (χ4v) is 3.57. The van der Waals surface area contributed by atoms with Crippen molar-refractivity contribution in [2.24, 2.45) is 10.1 Å². The van der Waals surface area contributed by atoms with E-state index in [9.17, 15) is 24.1 Å². The Hall–Kier alpha value is -2.66. The van der Waals surface area contributed by atoms with Gasteiger partial charge in [-0.1, -0.05) is 11.2 Å². The van der Waals surface area contributed by atoms with Gasteiger partial charge in [0.2, 0.25) is 0 Å². The van der Waals surface area contributed by atoms with E-state index >= 15 is 0 Å². The van der Waals surface area contributed by atoms with Crippen LogP contribution in [0.2, 0.25) is 0 Å². The van der Waals surface area contributed by atoms with Gasteiger partial charge in [0.25, 0.3) is 0 Å². The Morgan fingerprint density at radius 1 is 1.18 bits per heavy atom. The fourth-order valence-electron chi connectivity index (χ4n) is 3.57. The van der Waals surface area contributed by atoms with Gasteiger partial charge in [-0.3, -0.25) is 0 Å². The number of halogens is 2. The minimum absolute atomic E-state index is 0.00664. The number of aliphatic imine (C=N–C) groups is 1. The van der Waals surface area contributed by atoms with Crippen LogP contribution in [-0.4, -0.2) is 55.5 Å². The van der Waals surface area contributed by atoms with Crippen molar-refractivity contribution in [2.75, 3.05) is 0 Å². The monoisotopic (exact) mass is 393 g/mol. The summed E-state index contributed by atoms with van der Waals surface area (Å²) in [7, 11) is 0. The molecule has 1 saturated heterocycles. The van der Waals surface area contributed by atoms with Crippen molar-refractivity contribution in [3.8, 4) is 0 Å². The highest BCUT2D eigenvalue weighted by molar-refractivity contribution is 6.06. The van der Waals surface area contributed by atoms with Gasteiger partial charge in [0.15, 0.2) is 23.7 Å². The molecule has 2 aromatic rings. The molecule has 0 saturated carbocycles. The minimum Gasteiger partial charge on any atom is -0.409 e. The summed E-state index contributed by atoms with van der Waals surface area (Å²) < 4.78 is 33.9. The second kappa shape index (κ2) is 7.06. The van der Waals surface area contributed by atoms with Crippen LogP contribution in [0.15, 0.2) is 40.6 Å². The molecule has 10 heteroatoms. The van der Waals surface area contributed by atoms with Crippen LogP contribution >= 0.6 is 0 Å². The van der Waals surface area contributed by atoms with Crippen LogP contribution in [0, 0.1) is 11.6 Å². The Bertz CT molecular complexity index is 961. The molecule has 5 atom stereocenters. The number of fused-ring (bicyclic) bond motifs is 1. The van der Waals surface area contributed by atoms with Gasteiger partial charge in [-0.25, -0.2) is 13.8 Å². The second-order valence-corrected chi connectivity index (χ2v) is 6.61. The zero-order chi connectivity index (χ0) is 20.0. The smallest absolute Gasteiger partial charge is 0.199 e. The van der Waals surface area contributed by atoms with E-state index in [2.05, 4.69) is 10.1 Å². The third kappa shape index (κ3) is 2.90. The van der Waals surface area contributed by atoms with Gasteiger partial charge < -0.3 is 29.8 Å². The molecule has 28 heavy (non-hydrogen) atoms. The number of nitrogens with zero attached hydrogens (tertiary/aromatic N) is 3. The lowest BCUT2D eigenvalue weighted by atomic mass is 9.99. The van der Waals surface area contributed by atoms with Crippen molar-refractivity contribution in [2.45, 2.75) is 37.1 Å². The quantitative estimate of drug-likeness (QED) is 0.456. The number of hydrogen-bond donors (Lipinski definition) is 4. The summed E-state index contributed by atoms with van der Waals surface area (Å²) in [4.78, 5) is 3.96. The third-order valence-corrected chi connectivity index (χ3v) is 5.00. The van der Waals surface area contributed by atoms with E-state index in [-0.39, 0.29) is 11.4 Å². The number of benzene rings is 1. The maximum Gasteiger partial charge on any atom is 0.199 e. The van der Waals surface area contributed by atoms with Crippen LogP contribution in [0.3, 0.4) is 0 Å². The number of rotatable bonds is 3. The van der Waals surface area contributed by atoms with Crippen molar-refractivity contribution in [1.82, 2.24) is 4.57 Å². The predicted octanol–water partition coefficient (Wildman–Crippen LogP) is 0.882. The first-order chi connectivity index (χ1) is 13.4. The molecule has 0 unspecified atom stereocenters. The molecule has 1 aromatic heterocycles. The maximum atomic E-state index is 13.5. The van der Waals surface area contributed by atoms with Gasteiger partial charge in [-0.15, -0.1) is 0 Å². The van der Waals surface area contributed by atoms with E-state index in [1.807, 2.05) is 0 Å². The number of aliphatic hydroxyl groups excluding tert-OH is 3. The average Bonchev–Trinajstić information content (AvgIpc) is 3.25. The van der Waals surface area contributed by atoms with E-state index in [1.165, 1.54) is 12.3 Å². The highest BCUT2D eigenvalue weighted by Gasteiger charge is 2.47. The van der Waals surface area contributed by atoms with Crippen molar-refractivity contribution >= 4 is 12.1 Å². The van der Waals surface area contributed by atoms with Gasteiger partial charge in [-0.2, -0.15) is 0 Å². The number of oxime groups is 1. The molecular weight excluding hydrogens is 376 g/mol. The van der Waals surface area contributed by atoms with Gasteiger partial charge in [0, 0.05) is 30.1 Å². The molecule has 1 fully saturated rings. The molecule has 0 aliphatic carbocycles. The normalized spacial score (nSPS) is 29.2. The molecule has 2 aliphatic rings. The Labute approximate surface area is 157 Å². The van der Waals surface area contributed by atoms with E-state index in [1.54, 1.807) is 16.8 Å². The molecule has 4 N–H and O–H groups in total. The van der Waals surface area contributed by atoms with Crippen LogP contribution in [0.1, 0.15) is 29.2 Å². The first-order valence-electron chi connectivity index (χ1n) is 8.51. The van der Waals surface area contributed by atoms with Crippen LogP contribution < -0.4 is 0 Å². The summed E-state index contributed by atoms with van der Waals surface area (Å²) in [5.74, 6) is -2.11. The van der Waals surface area contributed by atoms with E-state index in [0.29, 0.717) is 17.7 Å². The van der Waals surface area contributed by atoms with Gasteiger partial charge >= 0.3 is 0 Å². The largest absolute Gasteiger partial charge is 0.409 e. The molecule has 0 bridgehead atoms. The van der Waals surface area contributed by atoms with Crippen molar-refractivity contribution in [3.05, 3.63) is 58.9 Å². The molecule has 4 rings (SSSR count). The maximum absolute atomic E-state index is 13.5. The average molecular weight is 393 g/mol. The van der Waals surface area contributed by atoms with Crippen LogP contribution in [0.25, 0.3) is 0 Å². The first kappa shape index (κ1) is 18.7. The number of aromatic nitrogens is 1. The van der Waals surface area contributed by atoms with Gasteiger partial charge in [0.05, 0.1) is 0 Å². The third-order valence-electron chi connectivity index (χ3n) is 5.00. The number of amidine groups is 1. The fraction of sp³-hybridized carbons (Fsp3) is 0.333.